The van der Waals surface area contributed by atoms with Gasteiger partial charge in [-0.2, -0.15) is 4.31 Å². The van der Waals surface area contributed by atoms with Gasteiger partial charge >= 0.3 is 0 Å². The van der Waals surface area contributed by atoms with Crippen molar-refractivity contribution in [2.24, 2.45) is 5.92 Å². The van der Waals surface area contributed by atoms with E-state index in [1.807, 2.05) is 12.1 Å². The largest absolute Gasteiger partial charge is 0.482 e. The van der Waals surface area contributed by atoms with Gasteiger partial charge in [-0.3, -0.25) is 9.59 Å². The summed E-state index contributed by atoms with van der Waals surface area (Å²) in [4.78, 5) is 24.4. The molecule has 1 fully saturated rings. The second-order valence-corrected chi connectivity index (χ2v) is 10.5. The first-order valence-electron chi connectivity index (χ1n) is 9.88. The molecule has 31 heavy (non-hydrogen) atoms. The van der Waals surface area contributed by atoms with Gasteiger partial charge in [-0.1, -0.05) is 22.0 Å². The molecule has 2 amide bonds. The van der Waals surface area contributed by atoms with Gasteiger partial charge in [0.25, 0.3) is 5.91 Å². The average Bonchev–Trinajstić information content (AvgIpc) is 2.73. The van der Waals surface area contributed by atoms with Crippen molar-refractivity contribution < 1.29 is 22.7 Å². The Kier molecular flexibility index (Phi) is 6.05. The highest BCUT2D eigenvalue weighted by atomic mass is 79.9. The summed E-state index contributed by atoms with van der Waals surface area (Å²) in [6.45, 7) is 1.97. The lowest BCUT2D eigenvalue weighted by Gasteiger charge is -2.32. The lowest BCUT2D eigenvalue weighted by atomic mass is 9.99. The molecule has 1 atom stereocenters. The van der Waals surface area contributed by atoms with E-state index in [2.05, 4.69) is 26.6 Å². The van der Waals surface area contributed by atoms with Crippen molar-refractivity contribution in [2.45, 2.75) is 24.7 Å². The molecule has 2 heterocycles. The molecule has 0 bridgehead atoms. The normalized spacial score (nSPS) is 19.2. The number of fused-ring (bicyclic) bond motifs is 1. The zero-order valence-corrected chi connectivity index (χ0v) is 19.3. The van der Waals surface area contributed by atoms with Crippen LogP contribution in [0.5, 0.6) is 5.75 Å². The van der Waals surface area contributed by atoms with Crippen LogP contribution in [0.15, 0.2) is 45.8 Å². The molecule has 0 aliphatic carbocycles. The molecule has 2 N–H and O–H groups in total. The quantitative estimate of drug-likeness (QED) is 0.661. The third kappa shape index (κ3) is 4.60. The van der Waals surface area contributed by atoms with Crippen molar-refractivity contribution in [1.29, 1.82) is 0 Å². The Morgan fingerprint density at radius 2 is 2.10 bits per heavy atom. The number of nitrogens with zero attached hydrogens (tertiary/aromatic N) is 1. The molecule has 4 rings (SSSR count). The van der Waals surface area contributed by atoms with Gasteiger partial charge in [0, 0.05) is 29.3 Å². The third-order valence-electron chi connectivity index (χ3n) is 5.37. The minimum Gasteiger partial charge on any atom is -0.482 e. The zero-order valence-electron chi connectivity index (χ0n) is 16.9. The van der Waals surface area contributed by atoms with Gasteiger partial charge in [0.1, 0.15) is 5.75 Å². The first-order valence-corrected chi connectivity index (χ1v) is 12.1. The molecule has 0 spiro atoms. The number of hydrogen-bond acceptors (Lipinski definition) is 5. The van der Waals surface area contributed by atoms with Gasteiger partial charge < -0.3 is 15.4 Å². The molecule has 164 valence electrons. The number of hydrogen-bond donors (Lipinski definition) is 2. The number of benzene rings is 2. The summed E-state index contributed by atoms with van der Waals surface area (Å²) in [5, 5.41) is 5.55. The fourth-order valence-corrected chi connectivity index (χ4v) is 5.96. The Labute approximate surface area is 189 Å². The van der Waals surface area contributed by atoms with Crippen LogP contribution in [-0.2, 0) is 19.6 Å². The fraction of sp³-hybridized carbons (Fsp3) is 0.333. The van der Waals surface area contributed by atoms with Gasteiger partial charge in [0.15, 0.2) is 6.61 Å². The van der Waals surface area contributed by atoms with Gasteiger partial charge in [-0.15, -0.1) is 0 Å². The molecule has 2 aromatic carbocycles. The van der Waals surface area contributed by atoms with E-state index in [-0.39, 0.29) is 29.9 Å². The second kappa shape index (κ2) is 8.60. The van der Waals surface area contributed by atoms with Crippen molar-refractivity contribution in [3.05, 3.63) is 46.4 Å². The highest BCUT2D eigenvalue weighted by molar-refractivity contribution is 9.10. The predicted molar refractivity (Wildman–Crippen MR) is 120 cm³/mol. The number of rotatable bonds is 4. The number of piperidine rings is 1. The monoisotopic (exact) mass is 507 g/mol. The summed E-state index contributed by atoms with van der Waals surface area (Å²) in [5.41, 5.74) is 1.62. The first kappa shape index (κ1) is 21.8. The number of carbonyl (C=O) groups is 2. The van der Waals surface area contributed by atoms with Crippen LogP contribution in [0.2, 0.25) is 0 Å². The Bertz CT molecular complexity index is 1150. The Hall–Kier alpha value is -2.43. The maximum absolute atomic E-state index is 13.4. The van der Waals surface area contributed by atoms with Crippen molar-refractivity contribution in [3.63, 3.8) is 0 Å². The van der Waals surface area contributed by atoms with E-state index >= 15 is 0 Å². The van der Waals surface area contributed by atoms with Gasteiger partial charge in [0.05, 0.1) is 16.5 Å². The van der Waals surface area contributed by atoms with Crippen LogP contribution in [0.3, 0.4) is 0 Å². The number of sulfonamides is 1. The predicted octanol–water partition coefficient (Wildman–Crippen LogP) is 3.13. The van der Waals surface area contributed by atoms with Crippen LogP contribution in [0.1, 0.15) is 18.4 Å². The van der Waals surface area contributed by atoms with E-state index in [9.17, 15) is 18.0 Å². The standard InChI is InChI=1S/C21H22BrN3O5S/c1-13-8-17-18(30-12-20(26)24-17)10-19(13)31(28,29)25-7-3-4-14(11-25)21(27)23-16-6-2-5-15(22)9-16/h2,5-6,8-10,14H,3-4,7,11-12H2,1H3,(H,23,27)(H,24,26)/t14-/m0/s1. The molecule has 2 aliphatic rings. The summed E-state index contributed by atoms with van der Waals surface area (Å²) in [5.74, 6) is -0.607. The van der Waals surface area contributed by atoms with E-state index in [1.54, 1.807) is 25.1 Å². The molecular formula is C21H22BrN3O5S. The molecule has 2 aliphatic heterocycles. The fourth-order valence-electron chi connectivity index (χ4n) is 3.82. The first-order chi connectivity index (χ1) is 14.7. The van der Waals surface area contributed by atoms with Crippen molar-refractivity contribution >= 4 is 49.1 Å². The number of ether oxygens (including phenoxy) is 1. The minimum atomic E-state index is -3.83. The zero-order chi connectivity index (χ0) is 22.2. The highest BCUT2D eigenvalue weighted by Crippen LogP contribution is 2.35. The van der Waals surface area contributed by atoms with Crippen LogP contribution in [0.25, 0.3) is 0 Å². The Balaban J connectivity index is 1.53. The van der Waals surface area contributed by atoms with Crippen molar-refractivity contribution in [1.82, 2.24) is 4.31 Å². The molecule has 8 nitrogen and oxygen atoms in total. The lowest BCUT2D eigenvalue weighted by molar-refractivity contribution is -0.121. The van der Waals surface area contributed by atoms with Crippen LogP contribution >= 0.6 is 15.9 Å². The van der Waals surface area contributed by atoms with Crippen LogP contribution in [-0.4, -0.2) is 44.2 Å². The summed E-state index contributed by atoms with van der Waals surface area (Å²) in [7, 11) is -3.83. The molecule has 10 heteroatoms. The van der Waals surface area contributed by atoms with E-state index in [4.69, 9.17) is 4.74 Å². The van der Waals surface area contributed by atoms with E-state index < -0.39 is 15.9 Å². The van der Waals surface area contributed by atoms with Crippen molar-refractivity contribution in [3.8, 4) is 5.75 Å². The van der Waals surface area contributed by atoms with E-state index in [0.29, 0.717) is 42.1 Å². The molecule has 0 saturated carbocycles. The van der Waals surface area contributed by atoms with E-state index in [1.165, 1.54) is 10.4 Å². The number of amides is 2. The number of aryl methyl sites for hydroxylation is 1. The molecule has 0 aromatic heterocycles. The number of anilines is 2. The van der Waals surface area contributed by atoms with Crippen LogP contribution in [0, 0.1) is 12.8 Å². The van der Waals surface area contributed by atoms with E-state index in [0.717, 1.165) is 4.47 Å². The second-order valence-electron chi connectivity index (χ2n) is 7.65. The van der Waals surface area contributed by atoms with Gasteiger partial charge in [-0.05, 0) is 49.6 Å². The summed E-state index contributed by atoms with van der Waals surface area (Å²) in [6, 6.07) is 10.3. The molecule has 2 aromatic rings. The summed E-state index contributed by atoms with van der Waals surface area (Å²) in [6.07, 6.45) is 1.20. The molecular weight excluding hydrogens is 486 g/mol. The minimum absolute atomic E-state index is 0.107. The molecule has 0 unspecified atom stereocenters. The Morgan fingerprint density at radius 1 is 1.29 bits per heavy atom. The topological polar surface area (TPSA) is 105 Å². The number of carbonyl (C=O) groups excluding carboxylic acids is 2. The van der Waals surface area contributed by atoms with Crippen LogP contribution < -0.4 is 15.4 Å². The maximum Gasteiger partial charge on any atom is 0.262 e. The maximum atomic E-state index is 13.4. The molecule has 0 radical (unpaired) electrons. The summed E-state index contributed by atoms with van der Waals surface area (Å²) < 4.78 is 34.3. The van der Waals surface area contributed by atoms with Gasteiger partial charge in [-0.25, -0.2) is 8.42 Å². The third-order valence-corrected chi connectivity index (χ3v) is 7.88. The number of halogens is 1. The number of nitrogens with one attached hydrogen (secondary N) is 2. The lowest BCUT2D eigenvalue weighted by Crippen LogP contribution is -2.43. The Morgan fingerprint density at radius 3 is 2.87 bits per heavy atom. The van der Waals surface area contributed by atoms with Crippen molar-refractivity contribution in [2.75, 3.05) is 30.3 Å². The highest BCUT2D eigenvalue weighted by Gasteiger charge is 2.35. The SMILES string of the molecule is Cc1cc2c(cc1S(=O)(=O)N1CCC[C@H](C(=O)Nc3cccc(Br)c3)C1)OCC(=O)N2. The van der Waals surface area contributed by atoms with Gasteiger partial charge in [0.2, 0.25) is 15.9 Å². The molecule has 1 saturated heterocycles. The van der Waals surface area contributed by atoms with Crippen LogP contribution in [0.4, 0.5) is 11.4 Å². The average molecular weight is 508 g/mol. The summed E-state index contributed by atoms with van der Waals surface area (Å²) >= 11 is 3.37. The smallest absolute Gasteiger partial charge is 0.262 e.